The fourth-order valence-electron chi connectivity index (χ4n) is 2.62. The summed E-state index contributed by atoms with van der Waals surface area (Å²) in [6.07, 6.45) is 2.15. The second-order valence-electron chi connectivity index (χ2n) is 4.61. The fourth-order valence-corrected chi connectivity index (χ4v) is 3.27. The van der Waals surface area contributed by atoms with Crippen LogP contribution in [0.1, 0.15) is 41.2 Å². The van der Waals surface area contributed by atoms with E-state index < -0.39 is 12.1 Å². The van der Waals surface area contributed by atoms with Crippen LogP contribution in [0.4, 0.5) is 0 Å². The third-order valence-electron chi connectivity index (χ3n) is 3.56. The van der Waals surface area contributed by atoms with Gasteiger partial charge in [0.15, 0.2) is 6.10 Å². The quantitative estimate of drug-likeness (QED) is 0.783. The van der Waals surface area contributed by atoms with Crippen molar-refractivity contribution in [2.24, 2.45) is 0 Å². The van der Waals surface area contributed by atoms with E-state index in [0.29, 0.717) is 10.0 Å². The van der Waals surface area contributed by atoms with Gasteiger partial charge in [0.1, 0.15) is 5.75 Å². The molecule has 0 saturated carbocycles. The van der Waals surface area contributed by atoms with Gasteiger partial charge < -0.3 is 15.3 Å². The highest BCUT2D eigenvalue weighted by atomic mass is 79.9. The smallest absolute Gasteiger partial charge is 0.337 e. The number of aliphatic carboxylic acids is 1. The SMILES string of the molecule is Cc1c2c(c(Br)c(O)c1C(O)C(=O)O)CCCC2. The zero-order chi connectivity index (χ0) is 13.4. The lowest BCUT2D eigenvalue weighted by molar-refractivity contribution is -0.147. The van der Waals surface area contributed by atoms with Crippen molar-refractivity contribution < 1.29 is 20.1 Å². The Hall–Kier alpha value is -1.07. The maximum absolute atomic E-state index is 10.9. The van der Waals surface area contributed by atoms with Gasteiger partial charge in [0, 0.05) is 5.56 Å². The molecule has 1 aromatic rings. The molecule has 0 aromatic heterocycles. The first kappa shape index (κ1) is 13.4. The molecular formula is C13H15BrO4. The van der Waals surface area contributed by atoms with Crippen LogP contribution in [0.25, 0.3) is 0 Å². The molecule has 1 aliphatic rings. The Kier molecular flexibility index (Phi) is 3.64. The number of halogens is 1. The predicted molar refractivity (Wildman–Crippen MR) is 69.8 cm³/mol. The lowest BCUT2D eigenvalue weighted by Gasteiger charge is -2.24. The summed E-state index contributed by atoms with van der Waals surface area (Å²) in [5.41, 5.74) is 2.90. The molecule has 2 rings (SSSR count). The number of benzene rings is 1. The Labute approximate surface area is 113 Å². The zero-order valence-electron chi connectivity index (χ0n) is 10.0. The molecule has 0 bridgehead atoms. The molecule has 3 N–H and O–H groups in total. The number of aromatic hydroxyl groups is 1. The van der Waals surface area contributed by atoms with Crippen LogP contribution in [-0.2, 0) is 17.6 Å². The topological polar surface area (TPSA) is 77.8 Å². The third kappa shape index (κ3) is 2.01. The molecule has 0 spiro atoms. The maximum atomic E-state index is 10.9. The summed E-state index contributed by atoms with van der Waals surface area (Å²) in [4.78, 5) is 10.9. The number of aliphatic hydroxyl groups excluding tert-OH is 1. The van der Waals surface area contributed by atoms with Gasteiger partial charge >= 0.3 is 5.97 Å². The van der Waals surface area contributed by atoms with Crippen LogP contribution in [0.5, 0.6) is 5.75 Å². The van der Waals surface area contributed by atoms with Crippen LogP contribution in [0, 0.1) is 6.92 Å². The zero-order valence-corrected chi connectivity index (χ0v) is 11.6. The van der Waals surface area contributed by atoms with E-state index in [0.717, 1.165) is 36.8 Å². The van der Waals surface area contributed by atoms with Gasteiger partial charge in [-0.05, 0) is 65.2 Å². The molecule has 1 aliphatic carbocycles. The Morgan fingerprint density at radius 3 is 2.39 bits per heavy atom. The average Bonchev–Trinajstić information content (AvgIpc) is 2.36. The van der Waals surface area contributed by atoms with Gasteiger partial charge in [-0.1, -0.05) is 0 Å². The average molecular weight is 315 g/mol. The van der Waals surface area contributed by atoms with E-state index in [4.69, 9.17) is 5.11 Å². The molecule has 0 radical (unpaired) electrons. The highest BCUT2D eigenvalue weighted by Gasteiger charge is 2.28. The van der Waals surface area contributed by atoms with Gasteiger partial charge in [0.25, 0.3) is 0 Å². The third-order valence-corrected chi connectivity index (χ3v) is 4.41. The number of hydrogen-bond donors (Lipinski definition) is 3. The maximum Gasteiger partial charge on any atom is 0.337 e. The van der Waals surface area contributed by atoms with E-state index in [1.807, 2.05) is 0 Å². The second-order valence-corrected chi connectivity index (χ2v) is 5.40. The minimum absolute atomic E-state index is 0.107. The Morgan fingerprint density at radius 2 is 1.83 bits per heavy atom. The highest BCUT2D eigenvalue weighted by Crippen LogP contribution is 2.42. The van der Waals surface area contributed by atoms with E-state index in [9.17, 15) is 15.0 Å². The molecule has 0 heterocycles. The summed E-state index contributed by atoms with van der Waals surface area (Å²) >= 11 is 3.31. The number of carboxylic acids is 1. The number of phenolic OH excluding ortho intramolecular Hbond substituents is 1. The molecule has 5 heteroatoms. The van der Waals surface area contributed by atoms with Crippen molar-refractivity contribution in [3.8, 4) is 5.75 Å². The molecular weight excluding hydrogens is 300 g/mol. The monoisotopic (exact) mass is 314 g/mol. The Bertz CT molecular complexity index is 510. The van der Waals surface area contributed by atoms with E-state index >= 15 is 0 Å². The lowest BCUT2D eigenvalue weighted by Crippen LogP contribution is -2.16. The van der Waals surface area contributed by atoms with E-state index in [2.05, 4.69) is 15.9 Å². The summed E-state index contributed by atoms with van der Waals surface area (Å²) in [5, 5.41) is 28.7. The van der Waals surface area contributed by atoms with Crippen molar-refractivity contribution >= 4 is 21.9 Å². The van der Waals surface area contributed by atoms with E-state index in [1.165, 1.54) is 0 Å². The van der Waals surface area contributed by atoms with Crippen LogP contribution in [-0.4, -0.2) is 21.3 Å². The molecule has 0 fully saturated rings. The molecule has 18 heavy (non-hydrogen) atoms. The predicted octanol–water partition coefficient (Wildman–Crippen LogP) is 2.46. The van der Waals surface area contributed by atoms with Crippen molar-refractivity contribution in [2.75, 3.05) is 0 Å². The van der Waals surface area contributed by atoms with Crippen LogP contribution in [0.3, 0.4) is 0 Å². The van der Waals surface area contributed by atoms with Crippen molar-refractivity contribution in [3.63, 3.8) is 0 Å². The lowest BCUT2D eigenvalue weighted by atomic mass is 9.84. The number of carboxylic acid groups (broad SMARTS) is 1. The number of hydrogen-bond acceptors (Lipinski definition) is 3. The first-order valence-corrected chi connectivity index (χ1v) is 6.68. The largest absolute Gasteiger partial charge is 0.506 e. The van der Waals surface area contributed by atoms with Gasteiger partial charge in [-0.15, -0.1) is 0 Å². The van der Waals surface area contributed by atoms with Gasteiger partial charge in [-0.2, -0.15) is 0 Å². The molecule has 1 aromatic carbocycles. The van der Waals surface area contributed by atoms with Crippen molar-refractivity contribution in [1.82, 2.24) is 0 Å². The Morgan fingerprint density at radius 1 is 1.28 bits per heavy atom. The molecule has 0 saturated heterocycles. The minimum atomic E-state index is -1.69. The standard InChI is InChI=1S/C13H15BrO4/c1-6-7-4-2-3-5-8(7)10(14)11(15)9(6)12(16)13(17)18/h12,15-16H,2-5H2,1H3,(H,17,18). The fraction of sp³-hybridized carbons (Fsp3) is 0.462. The summed E-state index contributed by atoms with van der Waals surface area (Å²) in [7, 11) is 0. The summed E-state index contributed by atoms with van der Waals surface area (Å²) < 4.78 is 0.526. The summed E-state index contributed by atoms with van der Waals surface area (Å²) in [5.74, 6) is -1.50. The minimum Gasteiger partial charge on any atom is -0.506 e. The summed E-state index contributed by atoms with van der Waals surface area (Å²) in [6, 6.07) is 0. The van der Waals surface area contributed by atoms with Gasteiger partial charge in [-0.25, -0.2) is 4.79 Å². The molecule has 4 nitrogen and oxygen atoms in total. The van der Waals surface area contributed by atoms with Crippen LogP contribution in [0.15, 0.2) is 4.47 Å². The molecule has 1 unspecified atom stereocenters. The molecule has 98 valence electrons. The van der Waals surface area contributed by atoms with Crippen LogP contribution >= 0.6 is 15.9 Å². The number of aliphatic hydroxyl groups is 1. The van der Waals surface area contributed by atoms with Gasteiger partial charge in [0.05, 0.1) is 4.47 Å². The van der Waals surface area contributed by atoms with Crippen molar-refractivity contribution in [2.45, 2.75) is 38.7 Å². The molecule has 0 amide bonds. The second kappa shape index (κ2) is 4.90. The van der Waals surface area contributed by atoms with Crippen molar-refractivity contribution in [3.05, 3.63) is 26.7 Å². The van der Waals surface area contributed by atoms with E-state index in [-0.39, 0.29) is 11.3 Å². The number of phenols is 1. The number of fused-ring (bicyclic) bond motifs is 1. The van der Waals surface area contributed by atoms with Crippen LogP contribution < -0.4 is 0 Å². The molecule has 0 aliphatic heterocycles. The van der Waals surface area contributed by atoms with Crippen molar-refractivity contribution in [1.29, 1.82) is 0 Å². The van der Waals surface area contributed by atoms with Crippen LogP contribution in [0.2, 0.25) is 0 Å². The normalized spacial score (nSPS) is 16.2. The highest BCUT2D eigenvalue weighted by molar-refractivity contribution is 9.10. The van der Waals surface area contributed by atoms with Gasteiger partial charge in [0.2, 0.25) is 0 Å². The first-order valence-electron chi connectivity index (χ1n) is 5.88. The first-order chi connectivity index (χ1) is 8.45. The van der Waals surface area contributed by atoms with E-state index in [1.54, 1.807) is 6.92 Å². The number of carbonyl (C=O) groups is 1. The van der Waals surface area contributed by atoms with Gasteiger partial charge in [-0.3, -0.25) is 0 Å². The Balaban J connectivity index is 2.68. The number of rotatable bonds is 2. The summed E-state index contributed by atoms with van der Waals surface area (Å²) in [6.45, 7) is 1.76. The molecule has 1 atom stereocenters.